The monoisotopic (exact) mass is 319 g/mol. The van der Waals surface area contributed by atoms with Crippen molar-refractivity contribution in [3.8, 4) is 0 Å². The predicted molar refractivity (Wildman–Crippen MR) is 48.2 cm³/mol. The van der Waals surface area contributed by atoms with Gasteiger partial charge < -0.3 is 6.92 Å². The van der Waals surface area contributed by atoms with Gasteiger partial charge in [-0.25, -0.2) is 0 Å². The Morgan fingerprint density at radius 1 is 0.900 bits per heavy atom. The van der Waals surface area contributed by atoms with Gasteiger partial charge in [-0.1, -0.05) is 38.9 Å². The van der Waals surface area contributed by atoms with Crippen LogP contribution >= 0.6 is 0 Å². The molecule has 2 radical (unpaired) electrons. The zero-order valence-electron chi connectivity index (χ0n) is 7.59. The molecule has 0 aromatic rings. The maximum atomic E-state index is 3.25. The fraction of sp³-hybridized carbons (Fsp3) is 0.875. The third-order valence-electron chi connectivity index (χ3n) is 1.50. The molecule has 0 saturated heterocycles. The van der Waals surface area contributed by atoms with Crippen LogP contribution in [0.2, 0.25) is 18.1 Å². The Balaban J connectivity index is -0.000000149. The molecule has 0 heterocycles. The van der Waals surface area contributed by atoms with Crippen LogP contribution in [0.15, 0.2) is 0 Å². The Morgan fingerprint density at radius 2 is 1.10 bits per heavy atom. The summed E-state index contributed by atoms with van der Waals surface area (Å²) in [6.07, 6.45) is 0. The smallest absolute Gasteiger partial charge is 0.0470 e. The molecule has 0 unspecified atom stereocenters. The minimum atomic E-state index is 0. The number of hydrogen-bond donors (Lipinski definition) is 0. The molecule has 72 valence electrons. The summed E-state index contributed by atoms with van der Waals surface area (Å²) >= 11 is 0. The van der Waals surface area contributed by atoms with E-state index in [1.807, 2.05) is 0 Å². The second-order valence-corrected chi connectivity index (χ2v) is 5.43. The zero-order valence-corrected chi connectivity index (χ0v) is 10.2. The van der Waals surface area contributed by atoms with Gasteiger partial charge in [0.1, 0.15) is 0 Å². The van der Waals surface area contributed by atoms with Gasteiger partial charge in [-0.05, 0) is 0 Å². The fourth-order valence-corrected chi connectivity index (χ4v) is 2.25. The number of hydrogen-bond acceptors (Lipinski definition) is 0. The van der Waals surface area contributed by atoms with Crippen molar-refractivity contribution in [3.05, 3.63) is 6.92 Å². The first-order valence-corrected chi connectivity index (χ1v) is 6.01. The average Bonchev–Trinajstić information content (AvgIpc) is 1.96. The number of rotatable bonds is 3. The molecule has 0 amide bonds. The molecule has 0 rings (SSSR count). The van der Waals surface area contributed by atoms with E-state index in [0.717, 1.165) is 0 Å². The van der Waals surface area contributed by atoms with E-state index < -0.39 is 0 Å². The second kappa shape index (κ2) is 16.8. The fourth-order valence-electron chi connectivity index (χ4n) is 0.750. The summed E-state index contributed by atoms with van der Waals surface area (Å²) in [5.41, 5.74) is 0. The topological polar surface area (TPSA) is 0 Å². The largest absolute Gasteiger partial charge is 0.346 e. The van der Waals surface area contributed by atoms with Gasteiger partial charge in [-0.15, -0.1) is 0 Å². The van der Waals surface area contributed by atoms with Crippen LogP contribution in [0.5, 0.6) is 0 Å². The van der Waals surface area contributed by atoms with Crippen LogP contribution in [0, 0.1) is 43.8 Å². The van der Waals surface area contributed by atoms with E-state index in [-0.39, 0.29) is 45.7 Å². The van der Waals surface area contributed by atoms with Gasteiger partial charge in [-0.2, -0.15) is 6.92 Å². The van der Waals surface area contributed by atoms with Crippen molar-refractivity contribution in [2.75, 3.05) is 0 Å². The third kappa shape index (κ3) is 12.2. The van der Waals surface area contributed by atoms with Gasteiger partial charge in [0, 0.05) is 45.7 Å². The molecule has 0 fully saturated rings. The quantitative estimate of drug-likeness (QED) is 0.553. The molecule has 0 N–H and O–H groups in total. The molecule has 0 aliphatic rings. The minimum absolute atomic E-state index is 0. The molecule has 0 spiro atoms. The van der Waals surface area contributed by atoms with Crippen molar-refractivity contribution in [2.24, 2.45) is 0 Å². The Bertz CT molecular complexity index is 30.7. The molecule has 0 saturated carbocycles. The van der Waals surface area contributed by atoms with E-state index in [0.29, 0.717) is 0 Å². The van der Waals surface area contributed by atoms with Crippen molar-refractivity contribution in [2.45, 2.75) is 45.8 Å². The molecular formula is C8H20LuSi-. The van der Waals surface area contributed by atoms with E-state index in [2.05, 4.69) is 27.7 Å². The summed E-state index contributed by atoms with van der Waals surface area (Å²) < 4.78 is 0. The van der Waals surface area contributed by atoms with Crippen molar-refractivity contribution >= 4 is 8.80 Å². The summed E-state index contributed by atoms with van der Waals surface area (Å²) in [5, 5.41) is 0. The summed E-state index contributed by atoms with van der Waals surface area (Å²) in [6.45, 7) is 11.9. The van der Waals surface area contributed by atoms with Gasteiger partial charge in [-0.3, -0.25) is 0 Å². The zero-order chi connectivity index (χ0) is 7.70. The van der Waals surface area contributed by atoms with Gasteiger partial charge in [0.05, 0.1) is 0 Å². The maximum absolute atomic E-state index is 3.25. The summed E-state index contributed by atoms with van der Waals surface area (Å²) in [5.74, 6) is 0. The molecule has 0 aliphatic heterocycles. The molecule has 2 heteroatoms. The summed E-state index contributed by atoms with van der Waals surface area (Å²) in [6, 6.07) is 4.37. The molecule has 10 heavy (non-hydrogen) atoms. The first-order valence-electron chi connectivity index (χ1n) is 3.89. The maximum Gasteiger partial charge on any atom is 0.0470 e. The molecule has 0 aromatic heterocycles. The molecule has 0 aromatic carbocycles. The van der Waals surface area contributed by atoms with Crippen LogP contribution in [-0.2, 0) is 0 Å². The molecule has 0 bridgehead atoms. The van der Waals surface area contributed by atoms with Crippen LogP contribution in [0.25, 0.3) is 0 Å². The van der Waals surface area contributed by atoms with Gasteiger partial charge >= 0.3 is 0 Å². The molecule has 0 aliphatic carbocycles. The molecule has 0 nitrogen and oxygen atoms in total. The second-order valence-electron chi connectivity index (χ2n) is 1.81. The van der Waals surface area contributed by atoms with Gasteiger partial charge in [0.2, 0.25) is 0 Å². The van der Waals surface area contributed by atoms with Crippen LogP contribution in [0.1, 0.15) is 27.7 Å². The first kappa shape index (κ1) is 17.5. The Morgan fingerprint density at radius 3 is 1.10 bits per heavy atom. The Kier molecular flexibility index (Phi) is 29.4. The van der Waals surface area contributed by atoms with Crippen molar-refractivity contribution in [1.29, 1.82) is 0 Å². The van der Waals surface area contributed by atoms with Crippen molar-refractivity contribution in [3.63, 3.8) is 0 Å². The Labute approximate surface area is 97.6 Å². The van der Waals surface area contributed by atoms with E-state index in [4.69, 9.17) is 0 Å². The SMILES string of the molecule is CC[Si](CC)CC.[CH2-]C.[Lu]. The predicted octanol–water partition coefficient (Wildman–Crippen LogP) is 3.38. The Hall–Kier alpha value is 1.45. The van der Waals surface area contributed by atoms with Crippen LogP contribution in [0.4, 0.5) is 0 Å². The normalized spacial score (nSPS) is 7.80. The van der Waals surface area contributed by atoms with Crippen LogP contribution < -0.4 is 0 Å². The minimum Gasteiger partial charge on any atom is -0.346 e. The van der Waals surface area contributed by atoms with Crippen molar-refractivity contribution < 1.29 is 36.9 Å². The van der Waals surface area contributed by atoms with Gasteiger partial charge in [0.15, 0.2) is 0 Å². The molecular weight excluding hydrogens is 299 g/mol. The van der Waals surface area contributed by atoms with E-state index >= 15 is 0 Å². The molecule has 0 atom stereocenters. The standard InChI is InChI=1S/C6H15Si.C2H5.Lu/c1-4-7(5-2)6-3;1-2;/h4-6H2,1-3H3;1H2,2H3;/q;-1;. The third-order valence-corrected chi connectivity index (χ3v) is 4.50. The van der Waals surface area contributed by atoms with E-state index in [9.17, 15) is 0 Å². The van der Waals surface area contributed by atoms with E-state index in [1.54, 1.807) is 6.92 Å². The van der Waals surface area contributed by atoms with Gasteiger partial charge in [0.25, 0.3) is 0 Å². The summed E-state index contributed by atoms with van der Waals surface area (Å²) in [4.78, 5) is 0. The van der Waals surface area contributed by atoms with E-state index in [1.165, 1.54) is 18.1 Å². The first-order chi connectivity index (χ1) is 4.35. The van der Waals surface area contributed by atoms with Crippen LogP contribution in [-0.4, -0.2) is 8.80 Å². The summed E-state index contributed by atoms with van der Waals surface area (Å²) in [7, 11) is 0.137. The average molecular weight is 319 g/mol. The van der Waals surface area contributed by atoms with Crippen LogP contribution in [0.3, 0.4) is 0 Å². The van der Waals surface area contributed by atoms with Crippen molar-refractivity contribution in [1.82, 2.24) is 0 Å².